The first-order valence-corrected chi connectivity index (χ1v) is 10.1. The van der Waals surface area contributed by atoms with Crippen molar-refractivity contribution in [1.29, 1.82) is 0 Å². The monoisotopic (exact) mass is 425 g/mol. The Morgan fingerprint density at radius 2 is 1.78 bits per heavy atom. The maximum Gasteiger partial charge on any atom is 0.317 e. The fraction of sp³-hybridized carbons (Fsp3) is 0.125. The Labute approximate surface area is 184 Å². The minimum absolute atomic E-state index is 0.0880. The Morgan fingerprint density at radius 3 is 2.62 bits per heavy atom. The van der Waals surface area contributed by atoms with Gasteiger partial charge in [-0.2, -0.15) is 0 Å². The molecule has 2 aromatic carbocycles. The van der Waals surface area contributed by atoms with E-state index < -0.39 is 6.17 Å². The van der Waals surface area contributed by atoms with Gasteiger partial charge in [0.05, 0.1) is 12.8 Å². The summed E-state index contributed by atoms with van der Waals surface area (Å²) in [5, 5.41) is 11.0. The van der Waals surface area contributed by atoms with Crippen LogP contribution in [0.4, 0.5) is 6.01 Å². The van der Waals surface area contributed by atoms with Crippen LogP contribution in [0.2, 0.25) is 0 Å². The summed E-state index contributed by atoms with van der Waals surface area (Å²) in [6.07, 6.45) is -0.629. The zero-order chi connectivity index (χ0) is 21.9. The number of hydrogen-bond donors (Lipinski definition) is 1. The third kappa shape index (κ3) is 3.85. The molecule has 32 heavy (non-hydrogen) atoms. The van der Waals surface area contributed by atoms with Crippen LogP contribution in [0.25, 0.3) is 11.6 Å². The largest absolute Gasteiger partial charge is 0.481 e. The van der Waals surface area contributed by atoms with Crippen LogP contribution in [0, 0.1) is 0 Å². The molecule has 0 spiro atoms. The molecule has 4 aromatic rings. The van der Waals surface area contributed by atoms with Gasteiger partial charge in [-0.25, -0.2) is 4.98 Å². The molecule has 0 aliphatic carbocycles. The number of rotatable bonds is 5. The van der Waals surface area contributed by atoms with E-state index in [1.54, 1.807) is 18.2 Å². The van der Waals surface area contributed by atoms with E-state index in [0.29, 0.717) is 11.6 Å². The maximum absolute atomic E-state index is 13.0. The number of aliphatic imine (C=N–C) groups is 1. The van der Waals surface area contributed by atoms with Gasteiger partial charge in [0.1, 0.15) is 5.69 Å². The molecule has 158 valence electrons. The predicted molar refractivity (Wildman–Crippen MR) is 119 cm³/mol. The molecule has 2 aromatic heterocycles. The third-order valence-electron chi connectivity index (χ3n) is 5.08. The van der Waals surface area contributed by atoms with Crippen LogP contribution in [0.15, 0.2) is 82.2 Å². The summed E-state index contributed by atoms with van der Waals surface area (Å²) in [6.45, 7) is 0. The first kappa shape index (κ1) is 19.6. The fourth-order valence-electron chi connectivity index (χ4n) is 3.55. The smallest absolute Gasteiger partial charge is 0.317 e. The molecule has 1 N–H and O–H groups in total. The minimum Gasteiger partial charge on any atom is -0.481 e. The van der Waals surface area contributed by atoms with Crippen LogP contribution in [0.5, 0.6) is 5.88 Å². The van der Waals surface area contributed by atoms with Crippen molar-refractivity contribution in [3.8, 4) is 17.5 Å². The Bertz CT molecular complexity index is 1300. The molecule has 8 heteroatoms. The summed E-state index contributed by atoms with van der Waals surface area (Å²) >= 11 is 0. The van der Waals surface area contributed by atoms with Crippen LogP contribution in [0.1, 0.15) is 16.7 Å². The van der Waals surface area contributed by atoms with Gasteiger partial charge in [-0.3, -0.25) is 9.79 Å². The van der Waals surface area contributed by atoms with Gasteiger partial charge in [0.15, 0.2) is 11.9 Å². The number of fused-ring (bicyclic) bond motifs is 1. The van der Waals surface area contributed by atoms with Crippen molar-refractivity contribution in [2.24, 2.45) is 4.99 Å². The Hall–Kier alpha value is -4.33. The van der Waals surface area contributed by atoms with Crippen molar-refractivity contribution in [3.05, 3.63) is 89.5 Å². The lowest BCUT2D eigenvalue weighted by Crippen LogP contribution is -2.29. The summed E-state index contributed by atoms with van der Waals surface area (Å²) in [4.78, 5) is 22.1. The first-order chi connectivity index (χ1) is 15.7. The number of benzene rings is 2. The molecule has 0 radical (unpaired) electrons. The van der Waals surface area contributed by atoms with Crippen LogP contribution in [0.3, 0.4) is 0 Å². The van der Waals surface area contributed by atoms with Crippen LogP contribution in [-0.4, -0.2) is 40.0 Å². The molecule has 0 fully saturated rings. The number of aromatic nitrogens is 3. The van der Waals surface area contributed by atoms with Gasteiger partial charge in [0.2, 0.25) is 5.88 Å². The van der Waals surface area contributed by atoms with Gasteiger partial charge in [-0.05, 0) is 11.6 Å². The Balaban J connectivity index is 1.48. The molecular weight excluding hydrogens is 406 g/mol. The fourth-order valence-corrected chi connectivity index (χ4v) is 3.55. The normalized spacial score (nSPS) is 15.5. The van der Waals surface area contributed by atoms with Gasteiger partial charge < -0.3 is 14.5 Å². The van der Waals surface area contributed by atoms with E-state index in [1.165, 1.54) is 7.11 Å². The summed E-state index contributed by atoms with van der Waals surface area (Å²) in [6, 6.07) is 22.9. The SMILES string of the molecule is COc1cccc(-c2nnc(N[C@H]3N=C(c4ccccc4)c4ccccc4CC3=O)o2)n1. The zero-order valence-corrected chi connectivity index (χ0v) is 17.2. The summed E-state index contributed by atoms with van der Waals surface area (Å²) in [7, 11) is 1.53. The number of nitrogens with zero attached hydrogens (tertiary/aromatic N) is 4. The second kappa shape index (κ2) is 8.43. The van der Waals surface area contributed by atoms with Gasteiger partial charge in [-0.1, -0.05) is 65.8 Å². The number of ketones is 1. The van der Waals surface area contributed by atoms with Crippen LogP contribution in [-0.2, 0) is 11.2 Å². The number of nitrogens with one attached hydrogen (secondary N) is 1. The highest BCUT2D eigenvalue weighted by Crippen LogP contribution is 2.24. The lowest BCUT2D eigenvalue weighted by atomic mass is 9.96. The number of ether oxygens (including phenoxy) is 1. The summed E-state index contributed by atoms with van der Waals surface area (Å²) in [5.41, 5.74) is 3.99. The van der Waals surface area contributed by atoms with Gasteiger partial charge in [-0.15, -0.1) is 5.10 Å². The molecule has 0 saturated carbocycles. The van der Waals surface area contributed by atoms with E-state index in [0.717, 1.165) is 22.4 Å². The quantitative estimate of drug-likeness (QED) is 0.522. The first-order valence-electron chi connectivity index (χ1n) is 10.1. The van der Waals surface area contributed by atoms with Gasteiger partial charge in [0.25, 0.3) is 5.89 Å². The molecule has 0 amide bonds. The van der Waals surface area contributed by atoms with E-state index in [4.69, 9.17) is 14.1 Å². The van der Waals surface area contributed by atoms with Gasteiger partial charge >= 0.3 is 6.01 Å². The molecule has 0 saturated heterocycles. The molecule has 1 aliphatic heterocycles. The van der Waals surface area contributed by atoms with Crippen molar-refractivity contribution in [2.75, 3.05) is 12.4 Å². The molecule has 5 rings (SSSR count). The van der Waals surface area contributed by atoms with E-state index in [-0.39, 0.29) is 24.1 Å². The Kier molecular flexibility index (Phi) is 5.17. The van der Waals surface area contributed by atoms with Crippen molar-refractivity contribution >= 4 is 17.5 Å². The highest BCUT2D eigenvalue weighted by Gasteiger charge is 2.27. The van der Waals surface area contributed by atoms with Crippen molar-refractivity contribution in [2.45, 2.75) is 12.6 Å². The van der Waals surface area contributed by atoms with Crippen molar-refractivity contribution < 1.29 is 13.9 Å². The number of hydrogen-bond acceptors (Lipinski definition) is 8. The molecule has 3 heterocycles. The van der Waals surface area contributed by atoms with Gasteiger partial charge in [0, 0.05) is 23.6 Å². The highest BCUT2D eigenvalue weighted by atomic mass is 16.5. The standard InChI is InChI=1S/C24H19N5O3/c1-31-20-13-7-12-18(25-20)23-28-29-24(32-23)27-22-19(30)14-16-10-5-6-11-17(16)21(26-22)15-8-3-2-4-9-15/h2-13,22H,14H2,1H3,(H,27,29)/t22-/m1/s1. The summed E-state index contributed by atoms with van der Waals surface area (Å²) in [5.74, 6) is 0.551. The number of Topliss-reactive ketones (excluding diaryl/α,β-unsaturated/α-hetero) is 1. The number of anilines is 1. The second-order valence-electron chi connectivity index (χ2n) is 7.17. The average molecular weight is 425 g/mol. The molecule has 1 aliphatic rings. The van der Waals surface area contributed by atoms with E-state index >= 15 is 0 Å². The van der Waals surface area contributed by atoms with E-state index in [9.17, 15) is 4.79 Å². The second-order valence-corrected chi connectivity index (χ2v) is 7.17. The number of methoxy groups -OCH3 is 1. The molecule has 8 nitrogen and oxygen atoms in total. The lowest BCUT2D eigenvalue weighted by Gasteiger charge is -2.11. The molecule has 0 unspecified atom stereocenters. The van der Waals surface area contributed by atoms with Crippen LogP contribution >= 0.6 is 0 Å². The zero-order valence-electron chi connectivity index (χ0n) is 17.2. The van der Waals surface area contributed by atoms with E-state index in [2.05, 4.69) is 20.5 Å². The Morgan fingerprint density at radius 1 is 0.969 bits per heavy atom. The molecule has 1 atom stereocenters. The minimum atomic E-state index is -0.871. The van der Waals surface area contributed by atoms with Crippen molar-refractivity contribution in [1.82, 2.24) is 15.2 Å². The number of carbonyl (C=O) groups is 1. The number of pyridine rings is 1. The lowest BCUT2D eigenvalue weighted by molar-refractivity contribution is -0.119. The average Bonchev–Trinajstić information content (AvgIpc) is 3.26. The third-order valence-corrected chi connectivity index (χ3v) is 5.08. The van der Waals surface area contributed by atoms with Crippen molar-refractivity contribution in [3.63, 3.8) is 0 Å². The molecular formula is C24H19N5O3. The summed E-state index contributed by atoms with van der Waals surface area (Å²) < 4.78 is 10.8. The topological polar surface area (TPSA) is 102 Å². The van der Waals surface area contributed by atoms with E-state index in [1.807, 2.05) is 54.6 Å². The predicted octanol–water partition coefficient (Wildman–Crippen LogP) is 3.54. The maximum atomic E-state index is 13.0. The number of carbonyl (C=O) groups excluding carboxylic acids is 1. The molecule has 0 bridgehead atoms. The van der Waals surface area contributed by atoms with Crippen LogP contribution < -0.4 is 10.1 Å². The highest BCUT2D eigenvalue weighted by molar-refractivity contribution is 6.16.